The Morgan fingerprint density at radius 3 is 1.37 bits per heavy atom. The largest absolute Gasteiger partial charge is 2.00 e. The van der Waals surface area contributed by atoms with Crippen LogP contribution in [0.25, 0.3) is 0 Å². The van der Waals surface area contributed by atoms with Crippen molar-refractivity contribution < 1.29 is 21.7 Å². The van der Waals surface area contributed by atoms with Gasteiger partial charge in [-0.3, -0.25) is 0 Å². The summed E-state index contributed by atoms with van der Waals surface area (Å²) in [6, 6.07) is 0. The molecule has 1 aliphatic rings. The van der Waals surface area contributed by atoms with Crippen molar-refractivity contribution in [2.24, 2.45) is 17.3 Å². The van der Waals surface area contributed by atoms with Crippen molar-refractivity contribution in [2.75, 3.05) is 13.3 Å². The van der Waals surface area contributed by atoms with Crippen LogP contribution in [0.5, 0.6) is 0 Å². The Morgan fingerprint density at radius 1 is 0.842 bits per heavy atom. The molecule has 0 aliphatic heterocycles. The van der Waals surface area contributed by atoms with Gasteiger partial charge in [-0.2, -0.15) is 0 Å². The van der Waals surface area contributed by atoms with E-state index in [1.54, 1.807) is 0 Å². The summed E-state index contributed by atoms with van der Waals surface area (Å²) >= 11 is 0. The molecule has 4 unspecified atom stereocenters. The van der Waals surface area contributed by atoms with Crippen LogP contribution in [0.1, 0.15) is 47.0 Å². The average Bonchev–Trinajstić information content (AvgIpc) is 2.27. The molecule has 114 valence electrons. The number of hydrogen-bond donors (Lipinski definition) is 0. The van der Waals surface area contributed by atoms with Gasteiger partial charge in [0, 0.05) is 0 Å². The van der Waals surface area contributed by atoms with E-state index in [4.69, 9.17) is 0 Å². The summed E-state index contributed by atoms with van der Waals surface area (Å²) in [4.78, 5) is 0. The summed E-state index contributed by atoms with van der Waals surface area (Å²) in [5, 5.41) is 0. The SMILES string of the molecule is CPC1CC(PC)CC(C(C)C)(C(C)C)C1.[CH3-].[CH3-].[Ti+2]. The Kier molecular flexibility index (Phi) is 15.0. The molecule has 0 heterocycles. The van der Waals surface area contributed by atoms with Crippen molar-refractivity contribution in [3.63, 3.8) is 0 Å². The van der Waals surface area contributed by atoms with Crippen molar-refractivity contribution >= 4 is 17.2 Å². The first-order chi connectivity index (χ1) is 7.46. The second-order valence-corrected chi connectivity index (χ2v) is 8.95. The molecule has 1 saturated carbocycles. The first-order valence-electron chi connectivity index (χ1n) is 6.80. The number of hydrogen-bond acceptors (Lipinski definition) is 0. The summed E-state index contributed by atoms with van der Waals surface area (Å²) in [5.41, 5.74) is 2.69. The molecule has 1 rings (SSSR count). The van der Waals surface area contributed by atoms with Crippen LogP contribution in [0.4, 0.5) is 0 Å². The van der Waals surface area contributed by atoms with Gasteiger partial charge in [0.25, 0.3) is 0 Å². The Labute approximate surface area is 142 Å². The maximum atomic E-state index is 2.46. The van der Waals surface area contributed by atoms with Crippen LogP contribution in [0.15, 0.2) is 0 Å². The van der Waals surface area contributed by atoms with Crippen molar-refractivity contribution in [2.45, 2.75) is 58.3 Å². The van der Waals surface area contributed by atoms with E-state index in [0.717, 1.165) is 40.3 Å². The molecular weight excluding hydrogens is 302 g/mol. The molecular formula is C16H36P2Ti. The fraction of sp³-hybridized carbons (Fsp3) is 0.875. The van der Waals surface area contributed by atoms with E-state index < -0.39 is 0 Å². The maximum Gasteiger partial charge on any atom is 2.00 e. The summed E-state index contributed by atoms with van der Waals surface area (Å²) in [6.07, 6.45) is 4.52. The second-order valence-electron chi connectivity index (χ2n) is 6.16. The third-order valence-corrected chi connectivity index (χ3v) is 7.45. The minimum atomic E-state index is 0. The Morgan fingerprint density at radius 2 is 1.16 bits per heavy atom. The van der Waals surface area contributed by atoms with E-state index in [0.29, 0.717) is 5.41 Å². The van der Waals surface area contributed by atoms with Gasteiger partial charge in [0.1, 0.15) is 0 Å². The van der Waals surface area contributed by atoms with E-state index in [-0.39, 0.29) is 36.6 Å². The average molecular weight is 338 g/mol. The van der Waals surface area contributed by atoms with Gasteiger partial charge in [-0.25, -0.2) is 0 Å². The van der Waals surface area contributed by atoms with Crippen molar-refractivity contribution in [1.82, 2.24) is 0 Å². The molecule has 0 amide bonds. The predicted molar refractivity (Wildman–Crippen MR) is 94.8 cm³/mol. The topological polar surface area (TPSA) is 0 Å². The first kappa shape index (κ1) is 25.5. The maximum absolute atomic E-state index is 2.46. The molecule has 1 fully saturated rings. The molecule has 4 atom stereocenters. The summed E-state index contributed by atoms with van der Waals surface area (Å²) in [5.74, 6) is 1.70. The Balaban J connectivity index is -0.000000853. The van der Waals surface area contributed by atoms with Crippen LogP contribution in [0.3, 0.4) is 0 Å². The van der Waals surface area contributed by atoms with Crippen molar-refractivity contribution in [1.29, 1.82) is 0 Å². The Bertz CT molecular complexity index is 195. The molecule has 0 nitrogen and oxygen atoms in total. The van der Waals surface area contributed by atoms with E-state index >= 15 is 0 Å². The molecule has 0 N–H and O–H groups in total. The monoisotopic (exact) mass is 338 g/mol. The van der Waals surface area contributed by atoms with E-state index in [1.165, 1.54) is 19.3 Å². The molecule has 19 heavy (non-hydrogen) atoms. The normalized spacial score (nSPS) is 26.5. The molecule has 0 bridgehead atoms. The van der Waals surface area contributed by atoms with Gasteiger partial charge in [-0.05, 0) is 61.2 Å². The van der Waals surface area contributed by atoms with Crippen LogP contribution in [0, 0.1) is 32.1 Å². The van der Waals surface area contributed by atoms with Crippen LogP contribution in [0.2, 0.25) is 0 Å². The van der Waals surface area contributed by atoms with Crippen LogP contribution < -0.4 is 0 Å². The fourth-order valence-electron chi connectivity index (χ4n) is 3.56. The summed E-state index contributed by atoms with van der Waals surface area (Å²) in [6.45, 7) is 14.6. The van der Waals surface area contributed by atoms with Gasteiger partial charge >= 0.3 is 21.7 Å². The van der Waals surface area contributed by atoms with Gasteiger partial charge < -0.3 is 14.9 Å². The molecule has 0 spiro atoms. The second kappa shape index (κ2) is 11.2. The molecule has 3 heteroatoms. The van der Waals surface area contributed by atoms with Crippen molar-refractivity contribution in [3.8, 4) is 0 Å². The summed E-state index contributed by atoms with van der Waals surface area (Å²) < 4.78 is 0. The van der Waals surface area contributed by atoms with Crippen LogP contribution in [-0.2, 0) is 21.7 Å². The van der Waals surface area contributed by atoms with Gasteiger partial charge in [-0.15, -0.1) is 17.2 Å². The fourth-order valence-corrected chi connectivity index (χ4v) is 6.00. The third kappa shape index (κ3) is 6.06. The van der Waals surface area contributed by atoms with Crippen molar-refractivity contribution in [3.05, 3.63) is 14.9 Å². The minimum Gasteiger partial charge on any atom is -0.358 e. The minimum absolute atomic E-state index is 0. The van der Waals surface area contributed by atoms with Gasteiger partial charge in [-0.1, -0.05) is 27.7 Å². The molecule has 0 aromatic heterocycles. The molecule has 0 saturated heterocycles. The Hall–Kier alpha value is 1.57. The van der Waals surface area contributed by atoms with Gasteiger partial charge in [0.2, 0.25) is 0 Å². The molecule has 1 aliphatic carbocycles. The smallest absolute Gasteiger partial charge is 0.358 e. The van der Waals surface area contributed by atoms with Gasteiger partial charge in [0.15, 0.2) is 0 Å². The number of rotatable bonds is 4. The molecule has 0 aromatic carbocycles. The zero-order chi connectivity index (χ0) is 12.3. The molecule has 0 radical (unpaired) electrons. The zero-order valence-corrected chi connectivity index (χ0v) is 18.0. The molecule has 0 aromatic rings. The quantitative estimate of drug-likeness (QED) is 0.349. The summed E-state index contributed by atoms with van der Waals surface area (Å²) in [7, 11) is 2.31. The standard InChI is InChI=1S/C14H30P2.2CH3.Ti/c1-10(2)14(11(3)4)8-12(15-5)7-13(9-14)16-6;;;/h10-13,15-16H,7-9H2,1-6H3;2*1H3;/q;2*-1;+2. The van der Waals surface area contributed by atoms with Crippen LogP contribution in [-0.4, -0.2) is 24.6 Å². The predicted octanol–water partition coefficient (Wildman–Crippen LogP) is 5.72. The third-order valence-electron chi connectivity index (χ3n) is 4.94. The van der Waals surface area contributed by atoms with Crippen LogP contribution >= 0.6 is 17.2 Å². The zero-order valence-electron chi connectivity index (χ0n) is 14.4. The van der Waals surface area contributed by atoms with E-state index in [2.05, 4.69) is 41.0 Å². The van der Waals surface area contributed by atoms with E-state index in [9.17, 15) is 0 Å². The van der Waals surface area contributed by atoms with Gasteiger partial charge in [0.05, 0.1) is 0 Å². The first-order valence-corrected chi connectivity index (χ1v) is 9.96. The van der Waals surface area contributed by atoms with E-state index in [1.807, 2.05) is 0 Å².